The van der Waals surface area contributed by atoms with Gasteiger partial charge in [0.25, 0.3) is 0 Å². The van der Waals surface area contributed by atoms with Crippen LogP contribution < -0.4 is 14.5 Å². The molecule has 5 heteroatoms. The number of hydrogen-bond donors (Lipinski definition) is 0. The van der Waals surface area contributed by atoms with Gasteiger partial charge in [-0.2, -0.15) is 0 Å². The van der Waals surface area contributed by atoms with Crippen LogP contribution in [0.25, 0.3) is 38.8 Å². The van der Waals surface area contributed by atoms with Crippen molar-refractivity contribution >= 4 is 33.2 Å². The SMILES string of the molecule is Cc1cc(-c2ccccc2)ccc1N1C=CN(c2cccc(Oc3ccc4c5ccccc5n(-c5cc(C(C)(C)C)ccn5)c4c3)c2)C1. The minimum Gasteiger partial charge on any atom is -0.457 e. The van der Waals surface area contributed by atoms with Gasteiger partial charge in [-0.25, -0.2) is 4.98 Å². The number of ether oxygens (including phenoxy) is 1. The second-order valence-electron chi connectivity index (χ2n) is 13.5. The van der Waals surface area contributed by atoms with Crippen molar-refractivity contribution in [3.05, 3.63) is 157 Å². The summed E-state index contributed by atoms with van der Waals surface area (Å²) in [5.74, 6) is 2.48. The molecule has 2 aromatic heterocycles. The largest absolute Gasteiger partial charge is 0.457 e. The van der Waals surface area contributed by atoms with E-state index in [-0.39, 0.29) is 5.41 Å². The molecule has 0 unspecified atom stereocenters. The second kappa shape index (κ2) is 11.8. The topological polar surface area (TPSA) is 33.5 Å². The third kappa shape index (κ3) is 5.47. The minimum absolute atomic E-state index is 0.0170. The predicted octanol–water partition coefficient (Wildman–Crippen LogP) is 11.0. The normalized spacial score (nSPS) is 13.2. The first-order valence-electron chi connectivity index (χ1n) is 16.5. The molecule has 0 amide bonds. The van der Waals surface area contributed by atoms with E-state index in [4.69, 9.17) is 9.72 Å². The Bertz CT molecular complexity index is 2310. The summed E-state index contributed by atoms with van der Waals surface area (Å²) in [5.41, 5.74) is 9.43. The molecule has 3 heterocycles. The van der Waals surface area contributed by atoms with Crippen molar-refractivity contribution in [2.45, 2.75) is 33.1 Å². The Balaban J connectivity index is 1.06. The number of rotatable bonds is 6. The summed E-state index contributed by atoms with van der Waals surface area (Å²) < 4.78 is 8.79. The van der Waals surface area contributed by atoms with E-state index in [1.165, 1.54) is 38.7 Å². The van der Waals surface area contributed by atoms with Crippen molar-refractivity contribution in [3.8, 4) is 28.4 Å². The van der Waals surface area contributed by atoms with E-state index >= 15 is 0 Å². The fourth-order valence-electron chi connectivity index (χ4n) is 6.66. The van der Waals surface area contributed by atoms with Crippen molar-refractivity contribution in [2.24, 2.45) is 0 Å². The van der Waals surface area contributed by atoms with E-state index in [1.807, 2.05) is 12.3 Å². The van der Waals surface area contributed by atoms with Crippen LogP contribution in [0.15, 0.2) is 146 Å². The first-order valence-corrected chi connectivity index (χ1v) is 16.5. The second-order valence-corrected chi connectivity index (χ2v) is 13.5. The summed E-state index contributed by atoms with van der Waals surface area (Å²) in [7, 11) is 0. The number of hydrogen-bond acceptors (Lipinski definition) is 4. The molecular formula is C43H38N4O. The monoisotopic (exact) mass is 626 g/mol. The quantitative estimate of drug-likeness (QED) is 0.184. The first kappa shape index (κ1) is 29.6. The lowest BCUT2D eigenvalue weighted by molar-refractivity contribution is 0.483. The van der Waals surface area contributed by atoms with E-state index in [9.17, 15) is 0 Å². The highest BCUT2D eigenvalue weighted by Crippen LogP contribution is 2.37. The number of aromatic nitrogens is 2. The molecule has 236 valence electrons. The predicted molar refractivity (Wildman–Crippen MR) is 199 cm³/mol. The lowest BCUT2D eigenvalue weighted by Gasteiger charge is -2.23. The number of pyridine rings is 1. The smallest absolute Gasteiger partial charge is 0.137 e. The molecule has 0 spiro atoms. The van der Waals surface area contributed by atoms with Gasteiger partial charge in [0, 0.05) is 52.9 Å². The highest BCUT2D eigenvalue weighted by atomic mass is 16.5. The molecule has 1 aliphatic rings. The van der Waals surface area contributed by atoms with Gasteiger partial charge in [-0.1, -0.05) is 81.4 Å². The zero-order valence-corrected chi connectivity index (χ0v) is 27.8. The van der Waals surface area contributed by atoms with Crippen LogP contribution in [0.4, 0.5) is 11.4 Å². The van der Waals surface area contributed by atoms with Crippen LogP contribution >= 0.6 is 0 Å². The van der Waals surface area contributed by atoms with Gasteiger partial charge < -0.3 is 14.5 Å². The highest BCUT2D eigenvalue weighted by Gasteiger charge is 2.20. The Kier molecular flexibility index (Phi) is 7.25. The maximum Gasteiger partial charge on any atom is 0.137 e. The Morgan fingerprint density at radius 1 is 0.625 bits per heavy atom. The van der Waals surface area contributed by atoms with E-state index < -0.39 is 0 Å². The lowest BCUT2D eigenvalue weighted by atomic mass is 9.88. The van der Waals surface area contributed by atoms with Crippen LogP contribution in [0.2, 0.25) is 0 Å². The van der Waals surface area contributed by atoms with Crippen molar-refractivity contribution in [2.75, 3.05) is 16.5 Å². The third-order valence-electron chi connectivity index (χ3n) is 9.22. The minimum atomic E-state index is 0.0170. The van der Waals surface area contributed by atoms with Crippen LogP contribution in [-0.4, -0.2) is 16.2 Å². The van der Waals surface area contributed by atoms with Gasteiger partial charge in [-0.15, -0.1) is 0 Å². The summed E-state index contributed by atoms with van der Waals surface area (Å²) in [6, 6.07) is 44.7. The van der Waals surface area contributed by atoms with Crippen LogP contribution in [0.1, 0.15) is 31.9 Å². The van der Waals surface area contributed by atoms with Crippen molar-refractivity contribution in [1.82, 2.24) is 9.55 Å². The summed E-state index contributed by atoms with van der Waals surface area (Å²) >= 11 is 0. The van der Waals surface area contributed by atoms with E-state index in [0.29, 0.717) is 0 Å². The summed E-state index contributed by atoms with van der Waals surface area (Å²) in [6.07, 6.45) is 6.19. The van der Waals surface area contributed by atoms with Crippen LogP contribution in [0.3, 0.4) is 0 Å². The molecule has 8 rings (SSSR count). The standard InChI is InChI=1S/C43H38N4O/c1-30-25-32(31-11-6-5-7-12-31)17-20-39(30)46-24-23-45(29-46)34-13-10-14-35(27-34)48-36-18-19-38-37-15-8-9-16-40(37)47(41(38)28-36)42-26-33(21-22-44-42)43(2,3)4/h5-28H,29H2,1-4H3. The molecular weight excluding hydrogens is 589 g/mol. The van der Waals surface area contributed by atoms with Gasteiger partial charge in [0.15, 0.2) is 0 Å². The zero-order valence-electron chi connectivity index (χ0n) is 27.8. The Labute approximate surface area is 282 Å². The molecule has 48 heavy (non-hydrogen) atoms. The Morgan fingerprint density at radius 3 is 2.23 bits per heavy atom. The first-order chi connectivity index (χ1) is 23.3. The molecule has 0 saturated carbocycles. The zero-order chi connectivity index (χ0) is 32.8. The molecule has 0 radical (unpaired) electrons. The number of aryl methyl sites for hydroxylation is 1. The van der Waals surface area contributed by atoms with Gasteiger partial charge >= 0.3 is 0 Å². The third-order valence-corrected chi connectivity index (χ3v) is 9.22. The number of fused-ring (bicyclic) bond motifs is 3. The molecule has 0 aliphatic carbocycles. The molecule has 5 aromatic carbocycles. The highest BCUT2D eigenvalue weighted by molar-refractivity contribution is 6.09. The van der Waals surface area contributed by atoms with Gasteiger partial charge in [0.2, 0.25) is 0 Å². The Hall–Kier alpha value is -5.81. The summed E-state index contributed by atoms with van der Waals surface area (Å²) in [6.45, 7) is 9.61. The summed E-state index contributed by atoms with van der Waals surface area (Å²) in [4.78, 5) is 9.35. The van der Waals surface area contributed by atoms with Crippen molar-refractivity contribution < 1.29 is 4.74 Å². The van der Waals surface area contributed by atoms with E-state index in [0.717, 1.165) is 40.7 Å². The molecule has 0 bridgehead atoms. The molecule has 1 aliphatic heterocycles. The fourth-order valence-corrected chi connectivity index (χ4v) is 6.66. The van der Waals surface area contributed by atoms with Crippen LogP contribution in [-0.2, 0) is 5.41 Å². The maximum absolute atomic E-state index is 6.54. The van der Waals surface area contributed by atoms with Crippen molar-refractivity contribution in [3.63, 3.8) is 0 Å². The number of para-hydroxylation sites is 1. The fraction of sp³-hybridized carbons (Fsp3) is 0.140. The molecule has 7 aromatic rings. The van der Waals surface area contributed by atoms with Gasteiger partial charge in [0.05, 0.1) is 17.7 Å². The van der Waals surface area contributed by atoms with Gasteiger partial charge in [-0.05, 0) is 89.2 Å². The maximum atomic E-state index is 6.54. The molecule has 0 fully saturated rings. The van der Waals surface area contributed by atoms with E-state index in [2.05, 4.69) is 176 Å². The van der Waals surface area contributed by atoms with Crippen LogP contribution in [0, 0.1) is 6.92 Å². The summed E-state index contributed by atoms with van der Waals surface area (Å²) in [5, 5.41) is 2.36. The number of nitrogens with zero attached hydrogens (tertiary/aromatic N) is 4. The average molecular weight is 627 g/mol. The van der Waals surface area contributed by atoms with Gasteiger partial charge in [0.1, 0.15) is 17.3 Å². The Morgan fingerprint density at radius 2 is 1.40 bits per heavy atom. The number of benzene rings is 5. The molecule has 0 N–H and O–H groups in total. The van der Waals surface area contributed by atoms with Crippen LogP contribution in [0.5, 0.6) is 11.5 Å². The molecule has 0 atom stereocenters. The van der Waals surface area contributed by atoms with E-state index in [1.54, 1.807) is 0 Å². The molecule has 0 saturated heterocycles. The number of anilines is 2. The molecule has 5 nitrogen and oxygen atoms in total. The lowest BCUT2D eigenvalue weighted by Crippen LogP contribution is -2.25. The average Bonchev–Trinajstić information content (AvgIpc) is 3.72. The van der Waals surface area contributed by atoms with Crippen molar-refractivity contribution in [1.29, 1.82) is 0 Å². The van der Waals surface area contributed by atoms with Gasteiger partial charge in [-0.3, -0.25) is 4.57 Å².